The first-order valence-corrected chi connectivity index (χ1v) is 6.48. The van der Waals surface area contributed by atoms with Gasteiger partial charge in [-0.3, -0.25) is 9.69 Å². The van der Waals surface area contributed by atoms with Gasteiger partial charge in [-0.2, -0.15) is 0 Å². The van der Waals surface area contributed by atoms with Crippen molar-refractivity contribution >= 4 is 5.97 Å². The van der Waals surface area contributed by atoms with E-state index in [0.29, 0.717) is 18.4 Å². The quantitative estimate of drug-likeness (QED) is 0.892. The van der Waals surface area contributed by atoms with E-state index >= 15 is 0 Å². The van der Waals surface area contributed by atoms with Crippen molar-refractivity contribution in [1.29, 1.82) is 0 Å². The van der Waals surface area contributed by atoms with Crippen LogP contribution in [-0.4, -0.2) is 35.1 Å². The van der Waals surface area contributed by atoms with Crippen LogP contribution in [0.25, 0.3) is 0 Å². The minimum atomic E-state index is -0.884. The van der Waals surface area contributed by atoms with E-state index in [4.69, 9.17) is 0 Å². The van der Waals surface area contributed by atoms with E-state index in [1.54, 1.807) is 0 Å². The van der Waals surface area contributed by atoms with Crippen LogP contribution in [-0.2, 0) is 11.2 Å². The first-order chi connectivity index (χ1) is 9.08. The zero-order valence-electron chi connectivity index (χ0n) is 10.6. The molecule has 1 unspecified atom stereocenters. The summed E-state index contributed by atoms with van der Waals surface area (Å²) in [5, 5.41) is 9.23. The highest BCUT2D eigenvalue weighted by atomic mass is 19.2. The first-order valence-electron chi connectivity index (χ1n) is 6.48. The van der Waals surface area contributed by atoms with Crippen LogP contribution in [0.5, 0.6) is 0 Å². The van der Waals surface area contributed by atoms with Crippen LogP contribution in [0, 0.1) is 11.6 Å². The Morgan fingerprint density at radius 2 is 1.95 bits per heavy atom. The summed E-state index contributed by atoms with van der Waals surface area (Å²) in [6, 6.07) is 3.19. The van der Waals surface area contributed by atoms with Crippen LogP contribution >= 0.6 is 0 Å². The zero-order valence-corrected chi connectivity index (χ0v) is 10.6. The summed E-state index contributed by atoms with van der Waals surface area (Å²) in [7, 11) is 0. The normalized spacial score (nSPS) is 17.6. The summed E-state index contributed by atoms with van der Waals surface area (Å²) < 4.78 is 25.9. The van der Waals surface area contributed by atoms with Crippen molar-refractivity contribution < 1.29 is 18.7 Å². The Morgan fingerprint density at radius 3 is 2.53 bits per heavy atom. The van der Waals surface area contributed by atoms with Crippen LogP contribution in [0.4, 0.5) is 8.78 Å². The molecule has 1 fully saturated rings. The number of benzene rings is 1. The summed E-state index contributed by atoms with van der Waals surface area (Å²) in [6.07, 6.45) is 2.90. The van der Waals surface area contributed by atoms with Gasteiger partial charge in [0.1, 0.15) is 6.04 Å². The fraction of sp³-hybridized carbons (Fsp3) is 0.500. The first kappa shape index (κ1) is 13.9. The third-order valence-electron chi connectivity index (χ3n) is 3.56. The molecule has 2 rings (SSSR count). The SMILES string of the molecule is O=C(O)C(CCc1ccc(F)c(F)c1)N1CCCC1. The van der Waals surface area contributed by atoms with Gasteiger partial charge in [0.25, 0.3) is 0 Å². The van der Waals surface area contributed by atoms with Gasteiger partial charge in [0.05, 0.1) is 0 Å². The lowest BCUT2D eigenvalue weighted by atomic mass is 10.0. The lowest BCUT2D eigenvalue weighted by molar-refractivity contribution is -0.143. The number of hydrogen-bond donors (Lipinski definition) is 1. The predicted molar refractivity (Wildman–Crippen MR) is 66.9 cm³/mol. The molecule has 5 heteroatoms. The molecule has 1 saturated heterocycles. The summed E-state index contributed by atoms with van der Waals surface area (Å²) in [4.78, 5) is 13.2. The molecule has 0 spiro atoms. The fourth-order valence-electron chi connectivity index (χ4n) is 2.51. The van der Waals surface area contributed by atoms with E-state index in [2.05, 4.69) is 0 Å². The van der Waals surface area contributed by atoms with E-state index < -0.39 is 23.6 Å². The number of carbonyl (C=O) groups is 1. The van der Waals surface area contributed by atoms with Gasteiger partial charge in [0, 0.05) is 0 Å². The van der Waals surface area contributed by atoms with Gasteiger partial charge < -0.3 is 5.11 Å². The topological polar surface area (TPSA) is 40.5 Å². The lowest BCUT2D eigenvalue weighted by Gasteiger charge is -2.23. The average Bonchev–Trinajstić information content (AvgIpc) is 2.87. The maximum atomic E-state index is 13.1. The Hall–Kier alpha value is -1.49. The van der Waals surface area contributed by atoms with Crippen LogP contribution in [0.15, 0.2) is 18.2 Å². The number of aryl methyl sites for hydroxylation is 1. The molecule has 0 aromatic heterocycles. The van der Waals surface area contributed by atoms with Crippen LogP contribution in [0.3, 0.4) is 0 Å². The third kappa shape index (κ3) is 3.50. The number of carboxylic acids is 1. The smallest absolute Gasteiger partial charge is 0.320 e. The van der Waals surface area contributed by atoms with E-state index in [1.807, 2.05) is 4.90 Å². The number of hydrogen-bond acceptors (Lipinski definition) is 2. The number of rotatable bonds is 5. The molecule has 0 amide bonds. The van der Waals surface area contributed by atoms with Gasteiger partial charge in [-0.15, -0.1) is 0 Å². The number of halogens is 2. The molecule has 1 atom stereocenters. The second-order valence-electron chi connectivity index (χ2n) is 4.88. The van der Waals surface area contributed by atoms with Crippen molar-refractivity contribution in [2.75, 3.05) is 13.1 Å². The third-order valence-corrected chi connectivity index (χ3v) is 3.56. The molecule has 1 aromatic rings. The highest BCUT2D eigenvalue weighted by Crippen LogP contribution is 2.17. The van der Waals surface area contributed by atoms with E-state index in [1.165, 1.54) is 6.07 Å². The minimum absolute atomic E-state index is 0.417. The van der Waals surface area contributed by atoms with Crippen molar-refractivity contribution in [1.82, 2.24) is 4.90 Å². The molecule has 19 heavy (non-hydrogen) atoms. The summed E-state index contributed by atoms with van der Waals surface area (Å²) in [5.41, 5.74) is 0.629. The highest BCUT2D eigenvalue weighted by Gasteiger charge is 2.27. The van der Waals surface area contributed by atoms with Gasteiger partial charge >= 0.3 is 5.97 Å². The van der Waals surface area contributed by atoms with E-state index in [0.717, 1.165) is 38.1 Å². The Bertz CT molecular complexity index is 459. The molecule has 1 aromatic carbocycles. The molecular formula is C14H17F2NO2. The molecule has 0 radical (unpaired) electrons. The molecule has 1 aliphatic heterocycles. The van der Waals surface area contributed by atoms with Gasteiger partial charge in [0.2, 0.25) is 0 Å². The van der Waals surface area contributed by atoms with Crippen molar-refractivity contribution in [3.8, 4) is 0 Å². The monoisotopic (exact) mass is 269 g/mol. The molecule has 1 N–H and O–H groups in total. The molecule has 0 aliphatic carbocycles. The van der Waals surface area contributed by atoms with Crippen molar-refractivity contribution in [2.24, 2.45) is 0 Å². The Labute approximate surface area is 110 Å². The largest absolute Gasteiger partial charge is 0.480 e. The number of carboxylic acid groups (broad SMARTS) is 1. The zero-order chi connectivity index (χ0) is 13.8. The van der Waals surface area contributed by atoms with Crippen molar-refractivity contribution in [3.05, 3.63) is 35.4 Å². The Kier molecular flexibility index (Phi) is 4.47. The second kappa shape index (κ2) is 6.10. The molecule has 104 valence electrons. The maximum absolute atomic E-state index is 13.1. The Morgan fingerprint density at radius 1 is 1.26 bits per heavy atom. The predicted octanol–water partition coefficient (Wildman–Crippen LogP) is 2.45. The average molecular weight is 269 g/mol. The fourth-order valence-corrected chi connectivity index (χ4v) is 2.51. The minimum Gasteiger partial charge on any atom is -0.480 e. The van der Waals surface area contributed by atoms with Crippen LogP contribution in [0.1, 0.15) is 24.8 Å². The van der Waals surface area contributed by atoms with Gasteiger partial charge in [-0.1, -0.05) is 6.07 Å². The summed E-state index contributed by atoms with van der Waals surface area (Å²) in [6.45, 7) is 1.60. The van der Waals surface area contributed by atoms with Crippen LogP contribution in [0.2, 0.25) is 0 Å². The highest BCUT2D eigenvalue weighted by molar-refractivity contribution is 5.73. The Balaban J connectivity index is 1.98. The number of aliphatic carboxylic acids is 1. The van der Waals surface area contributed by atoms with E-state index in [9.17, 15) is 18.7 Å². The summed E-state index contributed by atoms with van der Waals surface area (Å²) in [5.74, 6) is -2.60. The van der Waals surface area contributed by atoms with Gasteiger partial charge in [-0.05, 0) is 56.5 Å². The number of nitrogens with zero attached hydrogens (tertiary/aromatic N) is 1. The maximum Gasteiger partial charge on any atom is 0.320 e. The number of likely N-dealkylation sites (tertiary alicyclic amines) is 1. The second-order valence-corrected chi connectivity index (χ2v) is 4.88. The lowest BCUT2D eigenvalue weighted by Crippen LogP contribution is -2.39. The van der Waals surface area contributed by atoms with Crippen molar-refractivity contribution in [3.63, 3.8) is 0 Å². The molecular weight excluding hydrogens is 252 g/mol. The standard InChI is InChI=1S/C14H17F2NO2/c15-11-5-3-10(9-12(11)16)4-6-13(14(18)19)17-7-1-2-8-17/h3,5,9,13H,1-2,4,6-8H2,(H,18,19). The molecule has 0 bridgehead atoms. The molecule has 0 saturated carbocycles. The van der Waals surface area contributed by atoms with Gasteiger partial charge in [0.15, 0.2) is 11.6 Å². The van der Waals surface area contributed by atoms with Crippen LogP contribution < -0.4 is 0 Å². The van der Waals surface area contributed by atoms with Gasteiger partial charge in [-0.25, -0.2) is 8.78 Å². The molecule has 1 heterocycles. The van der Waals surface area contributed by atoms with Crippen molar-refractivity contribution in [2.45, 2.75) is 31.7 Å². The molecule has 1 aliphatic rings. The molecule has 3 nitrogen and oxygen atoms in total. The summed E-state index contributed by atoms with van der Waals surface area (Å²) >= 11 is 0. The van der Waals surface area contributed by atoms with E-state index in [-0.39, 0.29) is 0 Å².